The van der Waals surface area contributed by atoms with Crippen LogP contribution < -0.4 is 9.47 Å². The molecule has 0 saturated carbocycles. The molecule has 0 unspecified atom stereocenters. The lowest BCUT2D eigenvalue weighted by molar-refractivity contribution is -0.384. The standard InChI is InChI=1S/C27H21NO7/c29-26-20-11-10-19(28(31)32)14-18(20)8-4-5-9-21-24(35-26)15-23-22(12-13-33-23)25(21)27(30)34-16-17-6-2-1-3-7-17/h1-7,10-11,14-15H,8-9,12-13,16H2/b5-4+. The summed E-state index contributed by atoms with van der Waals surface area (Å²) in [6.45, 7) is 0.522. The summed E-state index contributed by atoms with van der Waals surface area (Å²) in [6.07, 6.45) is 4.85. The number of hydrogen-bond acceptors (Lipinski definition) is 7. The van der Waals surface area contributed by atoms with Crippen molar-refractivity contribution >= 4 is 17.6 Å². The fraction of sp³-hybridized carbons (Fsp3) is 0.185. The number of ether oxygens (including phenoxy) is 3. The summed E-state index contributed by atoms with van der Waals surface area (Å²) in [6, 6.07) is 15.0. The lowest BCUT2D eigenvalue weighted by atomic mass is 9.94. The molecule has 0 atom stereocenters. The highest BCUT2D eigenvalue weighted by atomic mass is 16.6. The molecule has 2 heterocycles. The second kappa shape index (κ2) is 9.42. The first-order chi connectivity index (χ1) is 17.0. The molecule has 0 radical (unpaired) electrons. The smallest absolute Gasteiger partial charge is 0.343 e. The topological polar surface area (TPSA) is 105 Å². The van der Waals surface area contributed by atoms with Crippen LogP contribution in [0.15, 0.2) is 66.7 Å². The number of carbonyl (C=O) groups is 2. The van der Waals surface area contributed by atoms with Gasteiger partial charge in [-0.3, -0.25) is 10.1 Å². The van der Waals surface area contributed by atoms with E-state index in [2.05, 4.69) is 0 Å². The van der Waals surface area contributed by atoms with Crippen LogP contribution in [0.1, 0.15) is 43.0 Å². The summed E-state index contributed by atoms with van der Waals surface area (Å²) in [4.78, 5) is 37.0. The third kappa shape index (κ3) is 4.50. The average molecular weight is 471 g/mol. The minimum absolute atomic E-state index is 0.0999. The first kappa shape index (κ1) is 22.3. The van der Waals surface area contributed by atoms with Gasteiger partial charge in [-0.25, -0.2) is 9.59 Å². The van der Waals surface area contributed by atoms with Crippen molar-refractivity contribution in [2.24, 2.45) is 0 Å². The average Bonchev–Trinajstić information content (AvgIpc) is 3.33. The largest absolute Gasteiger partial charge is 0.493 e. The van der Waals surface area contributed by atoms with Crippen LogP contribution in [-0.4, -0.2) is 23.5 Å². The molecule has 0 bridgehead atoms. The first-order valence-corrected chi connectivity index (χ1v) is 11.2. The Kier molecular flexibility index (Phi) is 6.01. The molecule has 3 aromatic carbocycles. The second-order valence-electron chi connectivity index (χ2n) is 8.23. The number of non-ortho nitro benzene ring substituents is 1. The molecule has 8 nitrogen and oxygen atoms in total. The highest BCUT2D eigenvalue weighted by molar-refractivity contribution is 5.97. The van der Waals surface area contributed by atoms with Crippen molar-refractivity contribution in [3.8, 4) is 11.5 Å². The molecule has 2 aliphatic rings. The van der Waals surface area contributed by atoms with Crippen molar-refractivity contribution in [1.29, 1.82) is 0 Å². The second-order valence-corrected chi connectivity index (χ2v) is 8.23. The minimum Gasteiger partial charge on any atom is -0.493 e. The number of fused-ring (bicyclic) bond motifs is 3. The zero-order valence-electron chi connectivity index (χ0n) is 18.7. The van der Waals surface area contributed by atoms with Gasteiger partial charge in [-0.2, -0.15) is 0 Å². The molecule has 2 aliphatic heterocycles. The van der Waals surface area contributed by atoms with Gasteiger partial charge in [0.05, 0.1) is 22.7 Å². The van der Waals surface area contributed by atoms with Crippen LogP contribution in [0.2, 0.25) is 0 Å². The molecular formula is C27H21NO7. The van der Waals surface area contributed by atoms with Gasteiger partial charge in [-0.05, 0) is 30.0 Å². The summed E-state index contributed by atoms with van der Waals surface area (Å²) in [5, 5.41) is 11.2. The molecule has 0 spiro atoms. The van der Waals surface area contributed by atoms with E-state index in [0.717, 1.165) is 11.1 Å². The van der Waals surface area contributed by atoms with E-state index in [1.165, 1.54) is 18.2 Å². The molecule has 176 valence electrons. The number of nitro benzene ring substituents is 1. The molecule has 3 aromatic rings. The normalized spacial score (nSPS) is 15.0. The lowest BCUT2D eigenvalue weighted by Gasteiger charge is -2.18. The van der Waals surface area contributed by atoms with Crippen LogP contribution in [0.25, 0.3) is 0 Å². The zero-order valence-corrected chi connectivity index (χ0v) is 18.7. The zero-order chi connectivity index (χ0) is 24.4. The minimum atomic E-state index is -0.659. The maximum Gasteiger partial charge on any atom is 0.343 e. The highest BCUT2D eigenvalue weighted by Crippen LogP contribution is 2.39. The molecule has 5 rings (SSSR count). The van der Waals surface area contributed by atoms with Crippen molar-refractivity contribution < 1.29 is 28.7 Å². The molecule has 0 amide bonds. The van der Waals surface area contributed by atoms with Crippen LogP contribution >= 0.6 is 0 Å². The van der Waals surface area contributed by atoms with E-state index in [-0.39, 0.29) is 23.6 Å². The van der Waals surface area contributed by atoms with E-state index in [4.69, 9.17) is 14.2 Å². The number of carbonyl (C=O) groups excluding carboxylic acids is 2. The van der Waals surface area contributed by atoms with Crippen LogP contribution in [0, 0.1) is 10.1 Å². The Bertz CT molecular complexity index is 1360. The Morgan fingerprint density at radius 2 is 1.80 bits per heavy atom. The number of allylic oxidation sites excluding steroid dienone is 2. The number of nitro groups is 1. The van der Waals surface area contributed by atoms with E-state index in [9.17, 15) is 19.7 Å². The predicted octanol–water partition coefficient (Wildman–Crippen LogP) is 4.76. The van der Waals surface area contributed by atoms with Gasteiger partial charge in [0, 0.05) is 35.7 Å². The Morgan fingerprint density at radius 3 is 2.60 bits per heavy atom. The third-order valence-electron chi connectivity index (χ3n) is 6.04. The third-order valence-corrected chi connectivity index (χ3v) is 6.04. The summed E-state index contributed by atoms with van der Waals surface area (Å²) in [5.41, 5.74) is 3.11. The summed E-state index contributed by atoms with van der Waals surface area (Å²) in [7, 11) is 0. The highest BCUT2D eigenvalue weighted by Gasteiger charge is 2.30. The van der Waals surface area contributed by atoms with Crippen molar-refractivity contribution in [2.45, 2.75) is 25.9 Å². The Balaban J connectivity index is 1.53. The molecule has 0 saturated heterocycles. The number of esters is 2. The van der Waals surface area contributed by atoms with Gasteiger partial charge < -0.3 is 14.2 Å². The van der Waals surface area contributed by atoms with Gasteiger partial charge in [0.2, 0.25) is 0 Å². The maximum atomic E-state index is 13.3. The Morgan fingerprint density at radius 1 is 1.00 bits per heavy atom. The van der Waals surface area contributed by atoms with Crippen LogP contribution in [-0.2, 0) is 30.6 Å². The molecular weight excluding hydrogens is 450 g/mol. The van der Waals surface area contributed by atoms with Crippen molar-refractivity contribution in [3.63, 3.8) is 0 Å². The maximum absolute atomic E-state index is 13.3. The number of hydrogen-bond donors (Lipinski definition) is 0. The van der Waals surface area contributed by atoms with E-state index in [0.29, 0.717) is 48.3 Å². The fourth-order valence-corrected chi connectivity index (χ4v) is 4.33. The molecule has 0 aliphatic carbocycles. The molecule has 0 aromatic heterocycles. The summed E-state index contributed by atoms with van der Waals surface area (Å²) in [5.74, 6) is -0.482. The van der Waals surface area contributed by atoms with Crippen molar-refractivity contribution in [1.82, 2.24) is 0 Å². The van der Waals surface area contributed by atoms with Crippen LogP contribution in [0.5, 0.6) is 11.5 Å². The molecule has 35 heavy (non-hydrogen) atoms. The molecule has 0 N–H and O–H groups in total. The summed E-state index contributed by atoms with van der Waals surface area (Å²) < 4.78 is 17.1. The predicted molar refractivity (Wildman–Crippen MR) is 126 cm³/mol. The van der Waals surface area contributed by atoms with Crippen LogP contribution in [0.4, 0.5) is 5.69 Å². The Labute approximate surface area is 200 Å². The first-order valence-electron chi connectivity index (χ1n) is 11.2. The Hall–Kier alpha value is -4.46. The van der Waals surface area contributed by atoms with Gasteiger partial charge in [0.15, 0.2) is 0 Å². The fourth-order valence-electron chi connectivity index (χ4n) is 4.33. The molecule has 8 heteroatoms. The number of benzene rings is 3. The monoisotopic (exact) mass is 471 g/mol. The van der Waals surface area contributed by atoms with Gasteiger partial charge in [0.25, 0.3) is 5.69 Å². The quantitative estimate of drug-likeness (QED) is 0.178. The van der Waals surface area contributed by atoms with Gasteiger partial charge in [0.1, 0.15) is 18.1 Å². The SMILES string of the molecule is O=C1Oc2cc3c(c(C(=O)OCc4ccccc4)c2C/C=C/Cc2cc([N+](=O)[O-])ccc21)CCO3. The van der Waals surface area contributed by atoms with E-state index in [1.54, 1.807) is 6.07 Å². The van der Waals surface area contributed by atoms with Gasteiger partial charge >= 0.3 is 11.9 Å². The molecule has 0 fully saturated rings. The number of nitrogens with zero attached hydrogens (tertiary/aromatic N) is 1. The van der Waals surface area contributed by atoms with E-state index < -0.39 is 16.9 Å². The van der Waals surface area contributed by atoms with Crippen molar-refractivity contribution in [3.05, 3.63) is 110 Å². The van der Waals surface area contributed by atoms with Gasteiger partial charge in [-0.15, -0.1) is 0 Å². The van der Waals surface area contributed by atoms with E-state index >= 15 is 0 Å². The summed E-state index contributed by atoms with van der Waals surface area (Å²) >= 11 is 0. The lowest BCUT2D eigenvalue weighted by Crippen LogP contribution is -2.17. The van der Waals surface area contributed by atoms with Crippen molar-refractivity contribution in [2.75, 3.05) is 6.61 Å². The van der Waals surface area contributed by atoms with Crippen LogP contribution in [0.3, 0.4) is 0 Å². The number of rotatable bonds is 4. The van der Waals surface area contributed by atoms with E-state index in [1.807, 2.05) is 42.5 Å². The van der Waals surface area contributed by atoms with Gasteiger partial charge in [-0.1, -0.05) is 42.5 Å².